The number of benzene rings is 3. The van der Waals surface area contributed by atoms with Crippen molar-refractivity contribution in [3.05, 3.63) is 54.1 Å². The van der Waals surface area contributed by atoms with Gasteiger partial charge in [0.25, 0.3) is 5.91 Å². The van der Waals surface area contributed by atoms with Gasteiger partial charge in [0.15, 0.2) is 16.6 Å². The fraction of sp³-hybridized carbons (Fsp3) is 0.308. The van der Waals surface area contributed by atoms with E-state index in [4.69, 9.17) is 19.2 Å². The van der Waals surface area contributed by atoms with Gasteiger partial charge in [0.2, 0.25) is 0 Å². The molecule has 4 aromatic rings. The molecule has 0 radical (unpaired) electrons. The van der Waals surface area contributed by atoms with Crippen molar-refractivity contribution in [3.63, 3.8) is 0 Å². The summed E-state index contributed by atoms with van der Waals surface area (Å²) in [6, 6.07) is 15.6. The smallest absolute Gasteiger partial charge is 0.263 e. The normalized spacial score (nSPS) is 12.9. The van der Waals surface area contributed by atoms with Crippen LogP contribution in [0.2, 0.25) is 0 Å². The maximum Gasteiger partial charge on any atom is 0.263 e. The Kier molecular flexibility index (Phi) is 6.26. The molecular weight excluding hydrogens is 450 g/mol. The van der Waals surface area contributed by atoms with Gasteiger partial charge in [-0.3, -0.25) is 9.69 Å². The van der Waals surface area contributed by atoms with E-state index in [1.54, 1.807) is 12.0 Å². The van der Waals surface area contributed by atoms with Crippen molar-refractivity contribution in [3.8, 4) is 17.2 Å². The summed E-state index contributed by atoms with van der Waals surface area (Å²) in [6.07, 6.45) is 0.813. The summed E-state index contributed by atoms with van der Waals surface area (Å²) in [4.78, 5) is 22.6. The second-order valence-corrected chi connectivity index (χ2v) is 9.48. The van der Waals surface area contributed by atoms with Gasteiger partial charge in [0.05, 0.1) is 22.9 Å². The highest BCUT2D eigenvalue weighted by molar-refractivity contribution is 7.22. The van der Waals surface area contributed by atoms with Gasteiger partial charge in [-0.15, -0.1) is 0 Å². The minimum Gasteiger partial charge on any atom is -0.496 e. The molecule has 0 saturated heterocycles. The van der Waals surface area contributed by atoms with E-state index in [2.05, 4.69) is 4.90 Å². The number of methoxy groups -OCH3 is 1. The molecule has 1 aromatic heterocycles. The van der Waals surface area contributed by atoms with Gasteiger partial charge < -0.3 is 19.1 Å². The summed E-state index contributed by atoms with van der Waals surface area (Å²) in [6.45, 7) is 2.45. The molecule has 1 aliphatic heterocycles. The van der Waals surface area contributed by atoms with Crippen LogP contribution in [0.1, 0.15) is 16.8 Å². The molecule has 0 atom stereocenters. The topological polar surface area (TPSA) is 64.1 Å². The number of fused-ring (bicyclic) bond motifs is 3. The zero-order valence-electron chi connectivity index (χ0n) is 19.5. The average molecular weight is 478 g/mol. The van der Waals surface area contributed by atoms with Crippen molar-refractivity contribution in [1.29, 1.82) is 0 Å². The molecular formula is C26H27N3O4S. The maximum absolute atomic E-state index is 13.9. The number of amides is 1. The lowest BCUT2D eigenvalue weighted by Gasteiger charge is -2.22. The maximum atomic E-state index is 13.9. The van der Waals surface area contributed by atoms with Crippen molar-refractivity contribution < 1.29 is 19.0 Å². The molecule has 1 aliphatic rings. The summed E-state index contributed by atoms with van der Waals surface area (Å²) in [7, 11) is 5.65. The zero-order valence-corrected chi connectivity index (χ0v) is 20.4. The Balaban J connectivity index is 1.56. The molecule has 7 nitrogen and oxygen atoms in total. The Labute approximate surface area is 202 Å². The van der Waals surface area contributed by atoms with Gasteiger partial charge in [-0.05, 0) is 50.0 Å². The molecule has 34 heavy (non-hydrogen) atoms. The molecule has 0 N–H and O–H groups in total. The third-order valence-corrected chi connectivity index (χ3v) is 6.84. The van der Waals surface area contributed by atoms with Gasteiger partial charge in [-0.1, -0.05) is 35.6 Å². The van der Waals surface area contributed by atoms with E-state index in [1.165, 1.54) is 11.3 Å². The molecule has 176 valence electrons. The van der Waals surface area contributed by atoms with Crippen LogP contribution in [0.5, 0.6) is 17.2 Å². The largest absolute Gasteiger partial charge is 0.496 e. The van der Waals surface area contributed by atoms with Gasteiger partial charge in [-0.2, -0.15) is 0 Å². The van der Waals surface area contributed by atoms with Crippen LogP contribution in [0.25, 0.3) is 21.0 Å². The van der Waals surface area contributed by atoms with E-state index in [0.717, 1.165) is 39.7 Å². The first-order valence-electron chi connectivity index (χ1n) is 11.3. The van der Waals surface area contributed by atoms with Crippen LogP contribution in [0.3, 0.4) is 0 Å². The van der Waals surface area contributed by atoms with Crippen LogP contribution >= 0.6 is 11.3 Å². The van der Waals surface area contributed by atoms with Crippen LogP contribution in [0.4, 0.5) is 5.13 Å². The molecule has 3 aromatic carbocycles. The minimum absolute atomic E-state index is 0.127. The number of hydrogen-bond donors (Lipinski definition) is 0. The summed E-state index contributed by atoms with van der Waals surface area (Å²) in [5, 5.41) is 2.67. The molecule has 2 heterocycles. The standard InChI is InChI=1S/C26H27N3O4S/c1-28(2)9-6-10-29(25(30)19-13-17-7-4-5-8-18(17)14-21(19)31-3)26-27-20-15-22-23(16-24(20)34-26)33-12-11-32-22/h4-5,7-8,13-16H,6,9-12H2,1-3H3. The Morgan fingerprint density at radius 2 is 1.74 bits per heavy atom. The SMILES string of the molecule is COc1cc2ccccc2cc1C(=O)N(CCCN(C)C)c1nc2cc3c(cc2s1)OCCO3. The first-order valence-corrected chi connectivity index (χ1v) is 12.1. The van der Waals surface area contributed by atoms with E-state index >= 15 is 0 Å². The van der Waals surface area contributed by atoms with E-state index in [9.17, 15) is 4.79 Å². The third-order valence-electron chi connectivity index (χ3n) is 5.80. The monoisotopic (exact) mass is 477 g/mol. The molecule has 5 rings (SSSR count). The van der Waals surface area contributed by atoms with E-state index in [0.29, 0.717) is 42.0 Å². The zero-order chi connectivity index (χ0) is 23.7. The number of ether oxygens (including phenoxy) is 3. The Hall–Kier alpha value is -3.36. The molecule has 0 bridgehead atoms. The van der Waals surface area contributed by atoms with Gasteiger partial charge >= 0.3 is 0 Å². The molecule has 8 heteroatoms. The lowest BCUT2D eigenvalue weighted by atomic mass is 10.0. The molecule has 0 fully saturated rings. The van der Waals surface area contributed by atoms with Crippen molar-refractivity contribution in [2.45, 2.75) is 6.42 Å². The van der Waals surface area contributed by atoms with E-state index in [1.807, 2.05) is 62.6 Å². The predicted molar refractivity (Wildman–Crippen MR) is 136 cm³/mol. The number of carbonyl (C=O) groups excluding carboxylic acids is 1. The van der Waals surface area contributed by atoms with Crippen molar-refractivity contribution in [2.75, 3.05) is 52.4 Å². The van der Waals surface area contributed by atoms with Crippen LogP contribution in [0, 0.1) is 0 Å². The second-order valence-electron chi connectivity index (χ2n) is 8.47. The van der Waals surface area contributed by atoms with Crippen LogP contribution < -0.4 is 19.1 Å². The van der Waals surface area contributed by atoms with Crippen LogP contribution in [-0.2, 0) is 0 Å². The number of carbonyl (C=O) groups is 1. The number of hydrogen-bond acceptors (Lipinski definition) is 7. The van der Waals surface area contributed by atoms with Crippen molar-refractivity contribution in [1.82, 2.24) is 9.88 Å². The second kappa shape index (κ2) is 9.48. The minimum atomic E-state index is -0.127. The first-order chi connectivity index (χ1) is 16.5. The van der Waals surface area contributed by atoms with Crippen LogP contribution in [0.15, 0.2) is 48.5 Å². The Bertz CT molecular complexity index is 1310. The van der Waals surface area contributed by atoms with Crippen molar-refractivity contribution >= 4 is 43.4 Å². The highest BCUT2D eigenvalue weighted by Crippen LogP contribution is 2.39. The summed E-state index contributed by atoms with van der Waals surface area (Å²) < 4.78 is 18.0. The fourth-order valence-corrected chi connectivity index (χ4v) is 5.10. The Morgan fingerprint density at radius 3 is 2.44 bits per heavy atom. The van der Waals surface area contributed by atoms with Crippen LogP contribution in [-0.4, -0.2) is 63.3 Å². The lowest BCUT2D eigenvalue weighted by Crippen LogP contribution is -2.33. The summed E-state index contributed by atoms with van der Waals surface area (Å²) >= 11 is 1.48. The van der Waals surface area contributed by atoms with E-state index < -0.39 is 0 Å². The summed E-state index contributed by atoms with van der Waals surface area (Å²) in [5.74, 6) is 1.84. The molecule has 0 saturated carbocycles. The van der Waals surface area contributed by atoms with Gasteiger partial charge in [-0.25, -0.2) is 4.98 Å². The molecule has 1 amide bonds. The first kappa shape index (κ1) is 22.4. The molecule has 0 aliphatic carbocycles. The number of nitrogens with zero attached hydrogens (tertiary/aromatic N) is 3. The number of rotatable bonds is 7. The van der Waals surface area contributed by atoms with Gasteiger partial charge in [0.1, 0.15) is 19.0 Å². The Morgan fingerprint density at radius 1 is 1.03 bits per heavy atom. The van der Waals surface area contributed by atoms with E-state index in [-0.39, 0.29) is 5.91 Å². The molecule has 0 spiro atoms. The third kappa shape index (κ3) is 4.38. The van der Waals surface area contributed by atoms with Gasteiger partial charge in [0, 0.05) is 18.7 Å². The number of anilines is 1. The number of aromatic nitrogens is 1. The predicted octanol–water partition coefficient (Wildman–Crippen LogP) is 4.83. The average Bonchev–Trinajstić information content (AvgIpc) is 3.26. The fourth-order valence-electron chi connectivity index (χ4n) is 4.10. The quantitative estimate of drug-likeness (QED) is 0.380. The highest BCUT2D eigenvalue weighted by atomic mass is 32.1. The highest BCUT2D eigenvalue weighted by Gasteiger charge is 2.25. The van der Waals surface area contributed by atoms with Crippen molar-refractivity contribution in [2.24, 2.45) is 0 Å². The lowest BCUT2D eigenvalue weighted by molar-refractivity contribution is 0.0983. The number of thiazole rings is 1. The molecule has 0 unspecified atom stereocenters. The summed E-state index contributed by atoms with van der Waals surface area (Å²) in [5.41, 5.74) is 1.32.